The molecule has 2 aromatic rings. The van der Waals surface area contributed by atoms with Gasteiger partial charge in [0, 0.05) is 5.02 Å². The maximum atomic E-state index is 6.25. The summed E-state index contributed by atoms with van der Waals surface area (Å²) < 4.78 is 6.19. The van der Waals surface area contributed by atoms with Crippen molar-refractivity contribution >= 4 is 11.6 Å². The molecule has 0 N–H and O–H groups in total. The molecule has 3 heteroatoms. The SMILES string of the molecule is CC1c2ccccc2Oc2ccc(Cl)cc2C1CCN(C)C. The zero-order chi connectivity index (χ0) is 15.7. The standard InChI is InChI=1S/C19H22ClNO/c1-13-15(10-11-21(2)3)17-12-14(20)8-9-19(17)22-18-7-5-4-6-16(13)18/h4-9,12-13,15H,10-11H2,1-3H3. The summed E-state index contributed by atoms with van der Waals surface area (Å²) in [6, 6.07) is 14.3. The highest BCUT2D eigenvalue weighted by Crippen LogP contribution is 2.47. The summed E-state index contributed by atoms with van der Waals surface area (Å²) in [7, 11) is 4.23. The first-order chi connectivity index (χ1) is 10.6. The van der Waals surface area contributed by atoms with E-state index in [2.05, 4.69) is 50.2 Å². The number of ether oxygens (including phenoxy) is 1. The van der Waals surface area contributed by atoms with E-state index in [1.54, 1.807) is 0 Å². The van der Waals surface area contributed by atoms with Gasteiger partial charge in [-0.2, -0.15) is 0 Å². The number of halogens is 1. The van der Waals surface area contributed by atoms with Crippen LogP contribution in [0.1, 0.15) is 36.3 Å². The molecule has 0 aromatic heterocycles. The zero-order valence-electron chi connectivity index (χ0n) is 13.3. The van der Waals surface area contributed by atoms with Crippen LogP contribution in [0.4, 0.5) is 0 Å². The molecule has 1 aliphatic heterocycles. The summed E-state index contributed by atoms with van der Waals surface area (Å²) in [6.45, 7) is 3.33. The molecule has 0 fully saturated rings. The second-order valence-corrected chi connectivity index (χ2v) is 6.75. The van der Waals surface area contributed by atoms with Crippen molar-refractivity contribution in [3.8, 4) is 11.5 Å². The third-order valence-corrected chi connectivity index (χ3v) is 4.73. The number of benzene rings is 2. The van der Waals surface area contributed by atoms with Gasteiger partial charge in [0.2, 0.25) is 0 Å². The molecule has 22 heavy (non-hydrogen) atoms. The second kappa shape index (κ2) is 6.31. The highest BCUT2D eigenvalue weighted by molar-refractivity contribution is 6.30. The van der Waals surface area contributed by atoms with Crippen LogP contribution >= 0.6 is 11.6 Å². The fourth-order valence-electron chi connectivity index (χ4n) is 3.26. The van der Waals surface area contributed by atoms with Gasteiger partial charge in [0.25, 0.3) is 0 Å². The summed E-state index contributed by atoms with van der Waals surface area (Å²) in [4.78, 5) is 2.23. The minimum absolute atomic E-state index is 0.399. The fraction of sp³-hybridized carbons (Fsp3) is 0.368. The van der Waals surface area contributed by atoms with Crippen molar-refractivity contribution in [1.29, 1.82) is 0 Å². The highest BCUT2D eigenvalue weighted by atomic mass is 35.5. The molecule has 0 spiro atoms. The Bertz CT molecular complexity index is 668. The molecule has 0 bridgehead atoms. The molecule has 116 valence electrons. The molecular weight excluding hydrogens is 294 g/mol. The Morgan fingerprint density at radius 2 is 1.77 bits per heavy atom. The Kier molecular flexibility index (Phi) is 4.42. The second-order valence-electron chi connectivity index (χ2n) is 6.31. The van der Waals surface area contributed by atoms with Crippen molar-refractivity contribution < 1.29 is 4.74 Å². The van der Waals surface area contributed by atoms with Gasteiger partial charge >= 0.3 is 0 Å². The summed E-state index contributed by atoms with van der Waals surface area (Å²) in [5, 5.41) is 0.773. The Morgan fingerprint density at radius 3 is 2.55 bits per heavy atom. The molecule has 0 saturated heterocycles. The van der Waals surface area contributed by atoms with Crippen molar-refractivity contribution in [3.05, 3.63) is 58.6 Å². The number of hydrogen-bond donors (Lipinski definition) is 0. The van der Waals surface area contributed by atoms with Crippen molar-refractivity contribution in [2.75, 3.05) is 20.6 Å². The largest absolute Gasteiger partial charge is 0.457 e. The number of nitrogens with zero attached hydrogens (tertiary/aromatic N) is 1. The minimum atomic E-state index is 0.399. The van der Waals surface area contributed by atoms with Gasteiger partial charge in [0.1, 0.15) is 11.5 Å². The molecule has 2 nitrogen and oxygen atoms in total. The van der Waals surface area contributed by atoms with Crippen LogP contribution in [0.25, 0.3) is 0 Å². The van der Waals surface area contributed by atoms with Crippen LogP contribution in [-0.4, -0.2) is 25.5 Å². The first kappa shape index (κ1) is 15.4. The lowest BCUT2D eigenvalue weighted by molar-refractivity contribution is 0.368. The molecule has 2 atom stereocenters. The van der Waals surface area contributed by atoms with E-state index in [1.807, 2.05) is 18.2 Å². The smallest absolute Gasteiger partial charge is 0.131 e. The predicted molar refractivity (Wildman–Crippen MR) is 92.3 cm³/mol. The van der Waals surface area contributed by atoms with E-state index in [1.165, 1.54) is 11.1 Å². The Hall–Kier alpha value is -1.51. The van der Waals surface area contributed by atoms with Crippen LogP contribution in [0.2, 0.25) is 5.02 Å². The van der Waals surface area contributed by atoms with Gasteiger partial charge in [-0.15, -0.1) is 0 Å². The van der Waals surface area contributed by atoms with Crippen LogP contribution in [0.15, 0.2) is 42.5 Å². The van der Waals surface area contributed by atoms with Gasteiger partial charge in [0.05, 0.1) is 0 Å². The minimum Gasteiger partial charge on any atom is -0.457 e. The van der Waals surface area contributed by atoms with Crippen molar-refractivity contribution in [2.45, 2.75) is 25.2 Å². The zero-order valence-corrected chi connectivity index (χ0v) is 14.1. The lowest BCUT2D eigenvalue weighted by Gasteiger charge is -2.25. The average Bonchev–Trinajstić information content (AvgIpc) is 2.60. The highest BCUT2D eigenvalue weighted by Gasteiger charge is 2.29. The molecule has 0 saturated carbocycles. The predicted octanol–water partition coefficient (Wildman–Crippen LogP) is 5.28. The van der Waals surface area contributed by atoms with Gasteiger partial charge in [-0.3, -0.25) is 0 Å². The number of hydrogen-bond acceptors (Lipinski definition) is 2. The first-order valence-corrected chi connectivity index (χ1v) is 8.15. The Labute approximate surface area is 137 Å². The van der Waals surface area contributed by atoms with Crippen LogP contribution in [-0.2, 0) is 0 Å². The fourth-order valence-corrected chi connectivity index (χ4v) is 3.44. The summed E-state index contributed by atoms with van der Waals surface area (Å²) >= 11 is 6.25. The Balaban J connectivity index is 2.08. The molecule has 0 aliphatic carbocycles. The third kappa shape index (κ3) is 2.99. The topological polar surface area (TPSA) is 12.5 Å². The van der Waals surface area contributed by atoms with E-state index in [9.17, 15) is 0 Å². The molecule has 1 heterocycles. The van der Waals surface area contributed by atoms with E-state index >= 15 is 0 Å². The monoisotopic (exact) mass is 315 g/mol. The van der Waals surface area contributed by atoms with Crippen LogP contribution in [0, 0.1) is 0 Å². The summed E-state index contributed by atoms with van der Waals surface area (Å²) in [5.41, 5.74) is 2.50. The molecule has 2 aromatic carbocycles. The molecule has 0 radical (unpaired) electrons. The average molecular weight is 316 g/mol. The Morgan fingerprint density at radius 1 is 1.05 bits per heavy atom. The van der Waals surface area contributed by atoms with Crippen molar-refractivity contribution in [1.82, 2.24) is 4.90 Å². The van der Waals surface area contributed by atoms with Gasteiger partial charge in [-0.25, -0.2) is 0 Å². The van der Waals surface area contributed by atoms with Crippen molar-refractivity contribution in [2.24, 2.45) is 0 Å². The van der Waals surface area contributed by atoms with Gasteiger partial charge in [-0.05, 0) is 74.3 Å². The van der Waals surface area contributed by atoms with Gasteiger partial charge in [0.15, 0.2) is 0 Å². The molecule has 2 unspecified atom stereocenters. The maximum Gasteiger partial charge on any atom is 0.131 e. The molecule has 1 aliphatic rings. The maximum absolute atomic E-state index is 6.25. The van der Waals surface area contributed by atoms with E-state index in [4.69, 9.17) is 16.3 Å². The quantitative estimate of drug-likeness (QED) is 0.763. The van der Waals surface area contributed by atoms with Gasteiger partial charge in [-0.1, -0.05) is 36.7 Å². The van der Waals surface area contributed by atoms with E-state index in [0.717, 1.165) is 29.5 Å². The van der Waals surface area contributed by atoms with E-state index < -0.39 is 0 Å². The van der Waals surface area contributed by atoms with Crippen LogP contribution in [0.3, 0.4) is 0 Å². The van der Waals surface area contributed by atoms with Crippen LogP contribution < -0.4 is 4.74 Å². The van der Waals surface area contributed by atoms with Crippen LogP contribution in [0.5, 0.6) is 11.5 Å². The number of fused-ring (bicyclic) bond motifs is 2. The lowest BCUT2D eigenvalue weighted by atomic mass is 9.80. The summed E-state index contributed by atoms with van der Waals surface area (Å²) in [6.07, 6.45) is 1.08. The number of para-hydroxylation sites is 1. The summed E-state index contributed by atoms with van der Waals surface area (Å²) in [5.74, 6) is 2.70. The molecular formula is C19H22ClNO. The van der Waals surface area contributed by atoms with E-state index in [0.29, 0.717) is 11.8 Å². The van der Waals surface area contributed by atoms with Crippen molar-refractivity contribution in [3.63, 3.8) is 0 Å². The van der Waals surface area contributed by atoms with Gasteiger partial charge < -0.3 is 9.64 Å². The first-order valence-electron chi connectivity index (χ1n) is 7.77. The number of rotatable bonds is 3. The lowest BCUT2D eigenvalue weighted by Crippen LogP contribution is -2.18. The normalized spacial score (nSPS) is 20.0. The third-order valence-electron chi connectivity index (χ3n) is 4.49. The van der Waals surface area contributed by atoms with E-state index in [-0.39, 0.29) is 0 Å². The molecule has 3 rings (SSSR count). The molecule has 0 amide bonds.